The van der Waals surface area contributed by atoms with Gasteiger partial charge < -0.3 is 0 Å². The number of hydrogen-bond acceptors (Lipinski definition) is 0. The van der Waals surface area contributed by atoms with E-state index in [0.717, 1.165) is 23.7 Å². The van der Waals surface area contributed by atoms with Crippen LogP contribution in [0.15, 0.2) is 11.6 Å². The van der Waals surface area contributed by atoms with E-state index in [1.54, 1.807) is 25.7 Å². The number of rotatable bonds is 4. The molecule has 0 aliphatic heterocycles. The zero-order chi connectivity index (χ0) is 26.5. The Morgan fingerprint density at radius 3 is 1.61 bits per heavy atom. The van der Waals surface area contributed by atoms with E-state index in [4.69, 9.17) is 0 Å². The zero-order valence-corrected chi connectivity index (χ0v) is 26.3. The number of hydrogen-bond donors (Lipinski definition) is 0. The second kappa shape index (κ2) is 21.5. The molecule has 0 heterocycles. The molecule has 0 amide bonds. The van der Waals surface area contributed by atoms with E-state index in [0.29, 0.717) is 0 Å². The van der Waals surface area contributed by atoms with Gasteiger partial charge >= 0.3 is 0 Å². The third-order valence-electron chi connectivity index (χ3n) is 11.1. The van der Waals surface area contributed by atoms with E-state index in [-0.39, 0.29) is 0 Å². The molecule has 3 rings (SSSR count). The van der Waals surface area contributed by atoms with Gasteiger partial charge in [-0.2, -0.15) is 0 Å². The first-order chi connectivity index (χ1) is 18.8. The molecule has 0 aromatic rings. The van der Waals surface area contributed by atoms with Gasteiger partial charge in [0.15, 0.2) is 0 Å². The van der Waals surface area contributed by atoms with Crippen LogP contribution in [0.5, 0.6) is 0 Å². The Hall–Kier alpha value is -0.260. The fourth-order valence-corrected chi connectivity index (χ4v) is 8.51. The molecule has 0 nitrogen and oxygen atoms in total. The molecule has 0 aromatic heterocycles. The Labute approximate surface area is 241 Å². The summed E-state index contributed by atoms with van der Waals surface area (Å²) in [7, 11) is 0. The lowest BCUT2D eigenvalue weighted by Crippen LogP contribution is -2.13. The summed E-state index contributed by atoms with van der Waals surface area (Å²) < 4.78 is 0. The molecular formula is C38H70. The Balaban J connectivity index is 1.47. The Morgan fingerprint density at radius 2 is 0.974 bits per heavy atom. The molecule has 0 aromatic carbocycles. The number of allylic oxidation sites excluding steroid dienone is 2. The van der Waals surface area contributed by atoms with Gasteiger partial charge in [-0.15, -0.1) is 0 Å². The highest BCUT2D eigenvalue weighted by Gasteiger charge is 2.30. The Bertz CT molecular complexity index is 573. The minimum absolute atomic E-state index is 1.01. The van der Waals surface area contributed by atoms with E-state index in [1.807, 2.05) is 5.57 Å². The standard InChI is InChI=1S/C38H70/c1-2-34-24-18-14-12-9-13-17-21-28-37(29-23-22-25-34)38-31-30-36(33-38)32-35-26-19-15-10-7-5-3-4-6-8-11-16-20-27-35/h26,34,36-38H,2-25,27-33H2,1H3. The molecule has 4 atom stereocenters. The van der Waals surface area contributed by atoms with Crippen molar-refractivity contribution in [2.24, 2.45) is 23.7 Å². The quantitative estimate of drug-likeness (QED) is 0.319. The summed E-state index contributed by atoms with van der Waals surface area (Å²) in [5.74, 6) is 4.13. The Kier molecular flexibility index (Phi) is 18.2. The van der Waals surface area contributed by atoms with Crippen LogP contribution >= 0.6 is 0 Å². The van der Waals surface area contributed by atoms with Crippen molar-refractivity contribution in [2.75, 3.05) is 0 Å². The third kappa shape index (κ3) is 14.4. The van der Waals surface area contributed by atoms with E-state index in [1.165, 1.54) is 173 Å². The van der Waals surface area contributed by atoms with Gasteiger partial charge in [-0.3, -0.25) is 0 Å². The summed E-state index contributed by atoms with van der Waals surface area (Å²) in [6.07, 6.45) is 49.0. The maximum atomic E-state index is 2.74. The van der Waals surface area contributed by atoms with Crippen LogP contribution in [-0.2, 0) is 0 Å². The van der Waals surface area contributed by atoms with E-state index in [9.17, 15) is 0 Å². The van der Waals surface area contributed by atoms with Crippen LogP contribution in [0.3, 0.4) is 0 Å². The maximum Gasteiger partial charge on any atom is -0.0292 e. The van der Waals surface area contributed by atoms with Gasteiger partial charge in [0.25, 0.3) is 0 Å². The van der Waals surface area contributed by atoms with Crippen LogP contribution in [0, 0.1) is 23.7 Å². The molecular weight excluding hydrogens is 456 g/mol. The average molecular weight is 527 g/mol. The SMILES string of the molecule is CCC1CCCCCCCCCC(C2CCC(CC3=CCCCCCCCCCCCCC3)C2)CCCC1. The minimum Gasteiger partial charge on any atom is -0.0853 e. The van der Waals surface area contributed by atoms with Crippen molar-refractivity contribution in [1.29, 1.82) is 0 Å². The zero-order valence-electron chi connectivity index (χ0n) is 26.3. The van der Waals surface area contributed by atoms with Crippen molar-refractivity contribution in [2.45, 2.75) is 206 Å². The molecule has 38 heavy (non-hydrogen) atoms. The summed E-state index contributed by atoms with van der Waals surface area (Å²) in [6.45, 7) is 2.45. The molecule has 0 heteroatoms. The molecule has 0 saturated heterocycles. The topological polar surface area (TPSA) is 0 Å². The lowest BCUT2D eigenvalue weighted by atomic mass is 9.81. The van der Waals surface area contributed by atoms with Crippen molar-refractivity contribution in [3.05, 3.63) is 11.6 Å². The van der Waals surface area contributed by atoms with Crippen LogP contribution in [-0.4, -0.2) is 0 Å². The van der Waals surface area contributed by atoms with Crippen LogP contribution in [0.4, 0.5) is 0 Å². The normalized spacial score (nSPS) is 31.8. The first kappa shape index (κ1) is 32.3. The lowest BCUT2D eigenvalue weighted by Gasteiger charge is -2.25. The predicted octanol–water partition coefficient (Wildman–Crippen LogP) is 13.5. The molecule has 3 aliphatic carbocycles. The smallest absolute Gasteiger partial charge is 0.0292 e. The molecule has 0 N–H and O–H groups in total. The molecule has 4 unspecified atom stereocenters. The molecule has 0 spiro atoms. The second-order valence-corrected chi connectivity index (χ2v) is 14.3. The average Bonchev–Trinajstić information content (AvgIpc) is 3.38. The fourth-order valence-electron chi connectivity index (χ4n) is 8.51. The molecule has 2 saturated carbocycles. The van der Waals surface area contributed by atoms with Crippen LogP contribution in [0.25, 0.3) is 0 Å². The molecule has 0 bridgehead atoms. The summed E-state index contributed by atoms with van der Waals surface area (Å²) in [5.41, 5.74) is 1.87. The van der Waals surface area contributed by atoms with Gasteiger partial charge in [0, 0.05) is 0 Å². The van der Waals surface area contributed by atoms with Crippen molar-refractivity contribution in [1.82, 2.24) is 0 Å². The van der Waals surface area contributed by atoms with Crippen molar-refractivity contribution >= 4 is 0 Å². The van der Waals surface area contributed by atoms with Crippen molar-refractivity contribution < 1.29 is 0 Å². The second-order valence-electron chi connectivity index (χ2n) is 14.3. The van der Waals surface area contributed by atoms with Crippen LogP contribution in [0.1, 0.15) is 206 Å². The maximum absolute atomic E-state index is 2.74. The monoisotopic (exact) mass is 527 g/mol. The summed E-state index contributed by atoms with van der Waals surface area (Å²) in [4.78, 5) is 0. The van der Waals surface area contributed by atoms with Crippen molar-refractivity contribution in [3.63, 3.8) is 0 Å². The van der Waals surface area contributed by atoms with Gasteiger partial charge in [-0.25, -0.2) is 0 Å². The van der Waals surface area contributed by atoms with E-state index in [2.05, 4.69) is 13.0 Å². The van der Waals surface area contributed by atoms with Crippen LogP contribution < -0.4 is 0 Å². The Morgan fingerprint density at radius 1 is 0.474 bits per heavy atom. The third-order valence-corrected chi connectivity index (χ3v) is 11.1. The van der Waals surface area contributed by atoms with Gasteiger partial charge in [-0.05, 0) is 75.0 Å². The van der Waals surface area contributed by atoms with Crippen LogP contribution in [0.2, 0.25) is 0 Å². The van der Waals surface area contributed by atoms with Gasteiger partial charge in [0.1, 0.15) is 0 Å². The summed E-state index contributed by atoms with van der Waals surface area (Å²) >= 11 is 0. The molecule has 222 valence electrons. The molecule has 3 aliphatic rings. The lowest BCUT2D eigenvalue weighted by molar-refractivity contribution is 0.270. The van der Waals surface area contributed by atoms with Gasteiger partial charge in [0.05, 0.1) is 0 Å². The summed E-state index contributed by atoms with van der Waals surface area (Å²) in [6, 6.07) is 0. The largest absolute Gasteiger partial charge is 0.0853 e. The first-order valence-corrected chi connectivity index (χ1v) is 18.5. The highest BCUT2D eigenvalue weighted by atomic mass is 14.4. The summed E-state index contributed by atoms with van der Waals surface area (Å²) in [5, 5.41) is 0. The van der Waals surface area contributed by atoms with E-state index < -0.39 is 0 Å². The van der Waals surface area contributed by atoms with Crippen molar-refractivity contribution in [3.8, 4) is 0 Å². The van der Waals surface area contributed by atoms with Gasteiger partial charge in [0.2, 0.25) is 0 Å². The highest BCUT2D eigenvalue weighted by Crippen LogP contribution is 2.43. The first-order valence-electron chi connectivity index (χ1n) is 18.5. The fraction of sp³-hybridized carbons (Fsp3) is 0.947. The highest BCUT2D eigenvalue weighted by molar-refractivity contribution is 5.04. The van der Waals surface area contributed by atoms with Gasteiger partial charge in [-0.1, -0.05) is 166 Å². The van der Waals surface area contributed by atoms with E-state index >= 15 is 0 Å². The minimum atomic E-state index is 1.01. The predicted molar refractivity (Wildman–Crippen MR) is 171 cm³/mol. The molecule has 0 radical (unpaired) electrons. The molecule has 2 fully saturated rings.